The Hall–Kier alpha value is -2.43. The third-order valence-corrected chi connectivity index (χ3v) is 9.13. The van der Waals surface area contributed by atoms with Gasteiger partial charge in [-0.3, -0.25) is 9.59 Å². The maximum atomic E-state index is 12.9. The molecule has 4 rings (SSSR count). The predicted molar refractivity (Wildman–Crippen MR) is 122 cm³/mol. The molecule has 1 unspecified atom stereocenters. The van der Waals surface area contributed by atoms with Gasteiger partial charge in [-0.25, -0.2) is 8.42 Å². The molecular formula is C22H27N3O5S2. The van der Waals surface area contributed by atoms with E-state index in [1.165, 1.54) is 11.0 Å². The predicted octanol–water partition coefficient (Wildman–Crippen LogP) is 2.40. The number of hydrogen-bond acceptors (Lipinski definition) is 6. The molecule has 0 spiro atoms. The lowest BCUT2D eigenvalue weighted by molar-refractivity contribution is -0.143. The lowest BCUT2D eigenvalue weighted by atomic mass is 10.1. The molecule has 2 fully saturated rings. The number of thiophene rings is 1. The number of para-hydroxylation sites is 1. The number of likely N-dealkylation sites (tertiary alicyclic amines) is 2. The summed E-state index contributed by atoms with van der Waals surface area (Å²) in [5.74, 6) is -0.378. The molecule has 2 aliphatic rings. The van der Waals surface area contributed by atoms with Crippen molar-refractivity contribution in [1.29, 1.82) is 0 Å². The van der Waals surface area contributed by atoms with E-state index in [0.717, 1.165) is 30.6 Å². The van der Waals surface area contributed by atoms with Gasteiger partial charge in [-0.15, -0.1) is 11.3 Å². The monoisotopic (exact) mass is 477 g/mol. The zero-order valence-electron chi connectivity index (χ0n) is 17.9. The van der Waals surface area contributed by atoms with Gasteiger partial charge in [0.15, 0.2) is 0 Å². The van der Waals surface area contributed by atoms with E-state index in [2.05, 4.69) is 4.72 Å². The number of carbonyl (C=O) groups is 2. The third kappa shape index (κ3) is 4.53. The smallest absolute Gasteiger partial charge is 0.250 e. The van der Waals surface area contributed by atoms with Crippen LogP contribution in [0.4, 0.5) is 0 Å². The number of aromatic hydroxyl groups is 1. The fourth-order valence-corrected chi connectivity index (χ4v) is 6.82. The number of benzene rings is 1. The third-order valence-electron chi connectivity index (χ3n) is 6.05. The van der Waals surface area contributed by atoms with Gasteiger partial charge in [0.25, 0.3) is 10.0 Å². The average molecular weight is 478 g/mol. The molecule has 0 aliphatic carbocycles. The molecule has 0 bridgehead atoms. The van der Waals surface area contributed by atoms with Gasteiger partial charge in [-0.2, -0.15) is 4.72 Å². The van der Waals surface area contributed by atoms with Crippen LogP contribution >= 0.6 is 11.3 Å². The normalized spacial score (nSPS) is 20.5. The Kier molecular flexibility index (Phi) is 6.55. The second-order valence-corrected chi connectivity index (χ2v) is 11.2. The Morgan fingerprint density at radius 1 is 1.12 bits per heavy atom. The van der Waals surface area contributed by atoms with Crippen molar-refractivity contribution in [3.05, 3.63) is 36.4 Å². The zero-order chi connectivity index (χ0) is 22.9. The van der Waals surface area contributed by atoms with Gasteiger partial charge < -0.3 is 14.9 Å². The van der Waals surface area contributed by atoms with E-state index in [1.54, 1.807) is 42.2 Å². The van der Waals surface area contributed by atoms with Gasteiger partial charge in [0.05, 0.1) is 0 Å². The quantitative estimate of drug-likeness (QED) is 0.664. The van der Waals surface area contributed by atoms with Crippen LogP contribution in [0, 0.1) is 0 Å². The van der Waals surface area contributed by atoms with Gasteiger partial charge in [0, 0.05) is 30.1 Å². The highest BCUT2D eigenvalue weighted by Crippen LogP contribution is 2.35. The van der Waals surface area contributed by atoms with Crippen molar-refractivity contribution >= 4 is 33.2 Å². The first-order valence-corrected chi connectivity index (χ1v) is 13.1. The number of hydrogen-bond donors (Lipinski definition) is 2. The van der Waals surface area contributed by atoms with Crippen molar-refractivity contribution in [2.24, 2.45) is 0 Å². The lowest BCUT2D eigenvalue weighted by Gasteiger charge is -2.32. The molecule has 172 valence electrons. The van der Waals surface area contributed by atoms with Crippen LogP contribution < -0.4 is 4.72 Å². The van der Waals surface area contributed by atoms with Crippen molar-refractivity contribution in [2.75, 3.05) is 19.6 Å². The van der Waals surface area contributed by atoms with Gasteiger partial charge in [0.2, 0.25) is 11.8 Å². The van der Waals surface area contributed by atoms with E-state index < -0.39 is 22.1 Å². The van der Waals surface area contributed by atoms with Crippen molar-refractivity contribution in [3.8, 4) is 16.2 Å². The first-order valence-electron chi connectivity index (χ1n) is 10.8. The molecule has 2 amide bonds. The SMILES string of the molecule is C[C@@H](C(=O)N1CCCCC1)N1CCC(NS(=O)(=O)c2ccc(-c3ccccc3O)s2)C1=O. The highest BCUT2D eigenvalue weighted by Gasteiger charge is 2.40. The number of phenolic OH excluding ortho intramolecular Hbond substituents is 1. The van der Waals surface area contributed by atoms with Gasteiger partial charge in [-0.05, 0) is 56.9 Å². The van der Waals surface area contributed by atoms with Crippen molar-refractivity contribution in [3.63, 3.8) is 0 Å². The summed E-state index contributed by atoms with van der Waals surface area (Å²) in [6, 6.07) is 8.31. The van der Waals surface area contributed by atoms with E-state index >= 15 is 0 Å². The molecule has 2 N–H and O–H groups in total. The summed E-state index contributed by atoms with van der Waals surface area (Å²) in [6.45, 7) is 3.46. The van der Waals surface area contributed by atoms with E-state index in [0.29, 0.717) is 36.5 Å². The lowest BCUT2D eigenvalue weighted by Crippen LogP contribution is -2.51. The van der Waals surface area contributed by atoms with E-state index in [9.17, 15) is 23.1 Å². The minimum Gasteiger partial charge on any atom is -0.507 e. The number of nitrogens with one attached hydrogen (secondary N) is 1. The van der Waals surface area contributed by atoms with Gasteiger partial charge in [-0.1, -0.05) is 12.1 Å². The fourth-order valence-electron chi connectivity index (χ4n) is 4.24. The largest absolute Gasteiger partial charge is 0.507 e. The zero-order valence-corrected chi connectivity index (χ0v) is 19.5. The number of nitrogens with zero attached hydrogens (tertiary/aromatic N) is 2. The number of amides is 2. The number of carbonyl (C=O) groups excluding carboxylic acids is 2. The minimum absolute atomic E-state index is 0.0689. The van der Waals surface area contributed by atoms with Crippen molar-refractivity contribution < 1.29 is 23.1 Å². The maximum Gasteiger partial charge on any atom is 0.250 e. The van der Waals surface area contributed by atoms with Crippen LogP contribution in [0.25, 0.3) is 10.4 Å². The van der Waals surface area contributed by atoms with E-state index in [1.807, 2.05) is 0 Å². The second kappa shape index (κ2) is 9.21. The molecule has 2 aromatic rings. The molecule has 32 heavy (non-hydrogen) atoms. The maximum absolute atomic E-state index is 12.9. The molecule has 0 saturated carbocycles. The minimum atomic E-state index is -3.92. The first-order chi connectivity index (χ1) is 15.3. The first kappa shape index (κ1) is 22.8. The number of sulfonamides is 1. The van der Waals surface area contributed by atoms with Crippen LogP contribution in [0.2, 0.25) is 0 Å². The van der Waals surface area contributed by atoms with Crippen LogP contribution in [0.5, 0.6) is 5.75 Å². The molecule has 8 nitrogen and oxygen atoms in total. The molecule has 0 radical (unpaired) electrons. The number of phenols is 1. The summed E-state index contributed by atoms with van der Waals surface area (Å²) < 4.78 is 28.4. The summed E-state index contributed by atoms with van der Waals surface area (Å²) in [4.78, 5) is 29.6. The highest BCUT2D eigenvalue weighted by atomic mass is 32.2. The molecule has 1 aromatic heterocycles. The van der Waals surface area contributed by atoms with Crippen LogP contribution in [-0.4, -0.2) is 66.9 Å². The molecule has 1 aromatic carbocycles. The van der Waals surface area contributed by atoms with Crippen LogP contribution in [0.3, 0.4) is 0 Å². The van der Waals surface area contributed by atoms with Crippen LogP contribution in [0.15, 0.2) is 40.6 Å². The van der Waals surface area contributed by atoms with Crippen molar-refractivity contribution in [2.45, 2.75) is 48.9 Å². The molecule has 2 saturated heterocycles. The van der Waals surface area contributed by atoms with Gasteiger partial charge in [0.1, 0.15) is 22.0 Å². The Balaban J connectivity index is 1.43. The molecule has 3 heterocycles. The van der Waals surface area contributed by atoms with Crippen molar-refractivity contribution in [1.82, 2.24) is 14.5 Å². The fraction of sp³-hybridized carbons (Fsp3) is 0.455. The summed E-state index contributed by atoms with van der Waals surface area (Å²) >= 11 is 1.03. The Morgan fingerprint density at radius 2 is 1.84 bits per heavy atom. The summed E-state index contributed by atoms with van der Waals surface area (Å²) in [5, 5.41) is 10.0. The standard InChI is InChI=1S/C22H27N3O5S2/c1-15(21(27)24-12-5-2-6-13-24)25-14-11-17(22(25)28)23-32(29,30)20-10-9-19(31-20)16-7-3-4-8-18(16)26/h3-4,7-10,15,17,23,26H,2,5-6,11-14H2,1H3/t15-,17?/m0/s1. The van der Waals surface area contributed by atoms with Crippen LogP contribution in [-0.2, 0) is 19.6 Å². The molecule has 2 atom stereocenters. The summed E-state index contributed by atoms with van der Waals surface area (Å²) in [5.41, 5.74) is 0.548. The Labute approximate surface area is 191 Å². The molecule has 10 heteroatoms. The average Bonchev–Trinajstić information content (AvgIpc) is 3.42. The molecule has 2 aliphatic heterocycles. The molecular weight excluding hydrogens is 450 g/mol. The Bertz CT molecular complexity index is 1110. The van der Waals surface area contributed by atoms with E-state index in [-0.39, 0.29) is 21.8 Å². The van der Waals surface area contributed by atoms with E-state index in [4.69, 9.17) is 0 Å². The topological polar surface area (TPSA) is 107 Å². The highest BCUT2D eigenvalue weighted by molar-refractivity contribution is 7.91. The van der Waals surface area contributed by atoms with Crippen LogP contribution in [0.1, 0.15) is 32.6 Å². The van der Waals surface area contributed by atoms with Gasteiger partial charge >= 0.3 is 0 Å². The Morgan fingerprint density at radius 3 is 2.56 bits per heavy atom. The summed E-state index contributed by atoms with van der Waals surface area (Å²) in [7, 11) is -3.92. The second-order valence-electron chi connectivity index (χ2n) is 8.19. The number of piperidine rings is 1. The summed E-state index contributed by atoms with van der Waals surface area (Å²) in [6.07, 6.45) is 3.36. The number of rotatable bonds is 6.